The van der Waals surface area contributed by atoms with Crippen LogP contribution in [0.2, 0.25) is 0 Å². The van der Waals surface area contributed by atoms with Crippen LogP contribution in [0.15, 0.2) is 48.5 Å². The number of hydrogen-bond acceptors (Lipinski definition) is 7. The molecule has 0 aromatic heterocycles. The molecule has 0 aromatic carbocycles. The molecule has 0 saturated heterocycles. The van der Waals surface area contributed by atoms with Gasteiger partial charge in [-0.25, -0.2) is 5.48 Å². The Morgan fingerprint density at radius 1 is 1.34 bits per heavy atom. The monoisotopic (exact) mass is 446 g/mol. The lowest BCUT2D eigenvalue weighted by atomic mass is 9.82. The molecule has 2 aliphatic heterocycles. The van der Waals surface area contributed by atoms with Gasteiger partial charge in [0.05, 0.1) is 0 Å². The third-order valence-electron chi connectivity index (χ3n) is 5.87. The molecule has 0 fully saturated rings. The molecule has 178 valence electrons. The lowest BCUT2D eigenvalue weighted by Gasteiger charge is -2.45. The maximum absolute atomic E-state index is 12.1. The van der Waals surface area contributed by atoms with Crippen molar-refractivity contribution >= 4 is 11.8 Å². The Hall–Kier alpha value is -2.62. The lowest BCUT2D eigenvalue weighted by molar-refractivity contribution is -0.124. The Bertz CT molecular complexity index is 761. The number of carbonyl (C=O) groups is 2. The van der Waals surface area contributed by atoms with E-state index in [0.717, 1.165) is 25.0 Å². The second-order valence-corrected chi connectivity index (χ2v) is 8.51. The van der Waals surface area contributed by atoms with Crippen molar-refractivity contribution in [2.24, 2.45) is 5.92 Å². The van der Waals surface area contributed by atoms with Gasteiger partial charge in [-0.2, -0.15) is 0 Å². The number of fused-ring (bicyclic) bond motifs is 1. The van der Waals surface area contributed by atoms with Crippen LogP contribution in [0, 0.1) is 5.92 Å². The van der Waals surface area contributed by atoms with Gasteiger partial charge < -0.3 is 25.8 Å². The Balaban J connectivity index is 1.98. The van der Waals surface area contributed by atoms with Crippen molar-refractivity contribution in [2.75, 3.05) is 33.7 Å². The van der Waals surface area contributed by atoms with Crippen molar-refractivity contribution in [1.29, 1.82) is 0 Å². The Labute approximate surface area is 191 Å². The van der Waals surface area contributed by atoms with E-state index in [0.29, 0.717) is 19.5 Å². The van der Waals surface area contributed by atoms with E-state index in [-0.39, 0.29) is 17.9 Å². The number of hydrogen-bond donors (Lipinski definition) is 5. The summed E-state index contributed by atoms with van der Waals surface area (Å²) in [6.45, 7) is 6.47. The summed E-state index contributed by atoms with van der Waals surface area (Å²) in [6.07, 6.45) is 15.3. The van der Waals surface area contributed by atoms with Crippen LogP contribution in [-0.4, -0.2) is 72.3 Å². The molecule has 2 rings (SSSR count). The molecule has 0 spiro atoms. The zero-order chi connectivity index (χ0) is 23.6. The molecule has 2 aliphatic rings. The topological polar surface area (TPSA) is 109 Å². The van der Waals surface area contributed by atoms with Gasteiger partial charge in [0, 0.05) is 62.7 Å². The number of nitrogens with one attached hydrogen (secondary N) is 4. The fraction of sp³-hybridized carbons (Fsp3) is 0.565. The van der Waals surface area contributed by atoms with Gasteiger partial charge in [-0.15, -0.1) is 0 Å². The second-order valence-electron chi connectivity index (χ2n) is 8.51. The van der Waals surface area contributed by atoms with Crippen LogP contribution in [0.3, 0.4) is 0 Å². The van der Waals surface area contributed by atoms with Gasteiger partial charge in [-0.3, -0.25) is 14.8 Å². The summed E-state index contributed by atoms with van der Waals surface area (Å²) in [5.74, 6) is -0.322. The molecular formula is C23H38N6O3. The molecular weight excluding hydrogens is 408 g/mol. The van der Waals surface area contributed by atoms with E-state index in [2.05, 4.69) is 40.8 Å². The Morgan fingerprint density at radius 3 is 2.81 bits per heavy atom. The van der Waals surface area contributed by atoms with Crippen molar-refractivity contribution in [2.45, 2.75) is 44.8 Å². The van der Waals surface area contributed by atoms with Gasteiger partial charge in [0.1, 0.15) is 5.66 Å². The zero-order valence-corrected chi connectivity index (χ0v) is 19.6. The van der Waals surface area contributed by atoms with Crippen LogP contribution in [0.25, 0.3) is 0 Å². The number of amides is 2. The van der Waals surface area contributed by atoms with Gasteiger partial charge in [0.15, 0.2) is 0 Å². The predicted molar refractivity (Wildman–Crippen MR) is 125 cm³/mol. The van der Waals surface area contributed by atoms with E-state index >= 15 is 0 Å². The summed E-state index contributed by atoms with van der Waals surface area (Å²) in [7, 11) is 3.97. The highest BCUT2D eigenvalue weighted by atomic mass is 16.5. The maximum atomic E-state index is 12.1. The molecule has 2 heterocycles. The lowest BCUT2D eigenvalue weighted by Crippen LogP contribution is -2.59. The highest BCUT2D eigenvalue weighted by Crippen LogP contribution is 2.35. The summed E-state index contributed by atoms with van der Waals surface area (Å²) < 4.78 is 0. The van der Waals surface area contributed by atoms with Gasteiger partial charge in [0.25, 0.3) is 5.91 Å². The van der Waals surface area contributed by atoms with E-state index in [1.54, 1.807) is 11.6 Å². The van der Waals surface area contributed by atoms with Crippen LogP contribution in [0.5, 0.6) is 0 Å². The van der Waals surface area contributed by atoms with Crippen molar-refractivity contribution in [3.63, 3.8) is 0 Å². The first kappa shape index (κ1) is 25.6. The van der Waals surface area contributed by atoms with Gasteiger partial charge in [-0.05, 0) is 38.2 Å². The summed E-state index contributed by atoms with van der Waals surface area (Å²) in [5.41, 5.74) is 2.02. The van der Waals surface area contributed by atoms with E-state index in [1.165, 1.54) is 6.08 Å². The molecule has 9 nitrogen and oxygen atoms in total. The van der Waals surface area contributed by atoms with Crippen LogP contribution in [0.1, 0.15) is 33.1 Å². The molecule has 5 N–H and O–H groups in total. The van der Waals surface area contributed by atoms with Crippen molar-refractivity contribution in [3.8, 4) is 0 Å². The second kappa shape index (κ2) is 12.4. The molecule has 2 amide bonds. The molecule has 0 bridgehead atoms. The van der Waals surface area contributed by atoms with E-state index < -0.39 is 11.6 Å². The molecule has 3 unspecified atom stereocenters. The fourth-order valence-electron chi connectivity index (χ4n) is 4.01. The van der Waals surface area contributed by atoms with E-state index in [9.17, 15) is 9.59 Å². The van der Waals surface area contributed by atoms with Crippen molar-refractivity contribution < 1.29 is 14.8 Å². The Morgan fingerprint density at radius 2 is 2.12 bits per heavy atom. The molecule has 3 atom stereocenters. The highest BCUT2D eigenvalue weighted by Gasteiger charge is 2.44. The SMILES string of the molecule is CCCC(NCCC(=O)NCCN(C)C)C(C)C12C=CC(/C=C/C(=O)NO)=CN1C=CN2. The zero-order valence-electron chi connectivity index (χ0n) is 19.6. The number of carbonyl (C=O) groups excluding carboxylic acids is 2. The van der Waals surface area contributed by atoms with Crippen LogP contribution >= 0.6 is 0 Å². The van der Waals surface area contributed by atoms with E-state index in [1.807, 2.05) is 43.7 Å². The van der Waals surface area contributed by atoms with Gasteiger partial charge in [-0.1, -0.05) is 26.3 Å². The van der Waals surface area contributed by atoms with E-state index in [4.69, 9.17) is 5.21 Å². The highest BCUT2D eigenvalue weighted by molar-refractivity contribution is 5.87. The first-order chi connectivity index (χ1) is 15.3. The van der Waals surface area contributed by atoms with Crippen molar-refractivity contribution in [1.82, 2.24) is 31.2 Å². The summed E-state index contributed by atoms with van der Waals surface area (Å²) >= 11 is 0. The smallest absolute Gasteiger partial charge is 0.267 e. The average molecular weight is 447 g/mol. The number of allylic oxidation sites excluding steroid dienone is 3. The van der Waals surface area contributed by atoms with Crippen LogP contribution < -0.4 is 21.4 Å². The minimum Gasteiger partial charge on any atom is -0.364 e. The summed E-state index contributed by atoms with van der Waals surface area (Å²) in [6, 6.07) is 0.208. The first-order valence-electron chi connectivity index (χ1n) is 11.2. The molecule has 9 heteroatoms. The predicted octanol–water partition coefficient (Wildman–Crippen LogP) is 1.04. The molecule has 0 radical (unpaired) electrons. The number of hydroxylamine groups is 1. The molecule has 0 saturated carbocycles. The average Bonchev–Trinajstić information content (AvgIpc) is 3.20. The first-order valence-corrected chi connectivity index (χ1v) is 11.2. The largest absolute Gasteiger partial charge is 0.364 e. The van der Waals surface area contributed by atoms with Gasteiger partial charge in [0.2, 0.25) is 5.91 Å². The van der Waals surface area contributed by atoms with Gasteiger partial charge >= 0.3 is 0 Å². The Kier molecular flexibility index (Phi) is 9.96. The summed E-state index contributed by atoms with van der Waals surface area (Å²) in [4.78, 5) is 27.5. The number of likely N-dealkylation sites (N-methyl/N-ethyl adjacent to an activating group) is 1. The number of rotatable bonds is 13. The molecule has 0 aliphatic carbocycles. The minimum atomic E-state index is -0.572. The molecule has 0 aromatic rings. The minimum absolute atomic E-state index is 0.0616. The fourth-order valence-corrected chi connectivity index (χ4v) is 4.01. The third kappa shape index (κ3) is 6.94. The summed E-state index contributed by atoms with van der Waals surface area (Å²) in [5, 5.41) is 18.7. The van der Waals surface area contributed by atoms with Crippen LogP contribution in [-0.2, 0) is 9.59 Å². The normalized spacial score (nSPS) is 21.3. The maximum Gasteiger partial charge on any atom is 0.267 e. The van der Waals surface area contributed by atoms with Crippen molar-refractivity contribution in [3.05, 3.63) is 48.5 Å². The third-order valence-corrected chi connectivity index (χ3v) is 5.87. The number of nitrogens with zero attached hydrogens (tertiary/aromatic N) is 2. The molecule has 32 heavy (non-hydrogen) atoms. The van der Waals surface area contributed by atoms with Crippen LogP contribution in [0.4, 0.5) is 0 Å². The quantitative estimate of drug-likeness (QED) is 0.163. The standard InChI is InChI=1S/C23H38N6O3/c1-5-6-20(24-12-10-21(30)25-13-15-28(3)4)18(2)23-11-9-19(7-8-22(31)27-32)17-29(23)16-14-26-23/h7-9,11,14,16-18,20,24,26,32H,5-6,10,12-13,15H2,1-4H3,(H,25,30)(H,27,31)/b8-7+.